The van der Waals surface area contributed by atoms with Gasteiger partial charge in [0.1, 0.15) is 11.5 Å². The van der Waals surface area contributed by atoms with Gasteiger partial charge in [0.25, 0.3) is 0 Å². The van der Waals surface area contributed by atoms with Crippen molar-refractivity contribution in [2.75, 3.05) is 5.73 Å². The predicted octanol–water partition coefficient (Wildman–Crippen LogP) is 4.41. The molecule has 7 heteroatoms. The molecule has 0 aliphatic heterocycles. The van der Waals surface area contributed by atoms with Crippen molar-refractivity contribution in [2.45, 2.75) is 24.6 Å². The SMILES string of the molecule is Nc1ccc(Oc2cccc3c2CCC3(O)C(F)(F)F)c(Cl)c1. The molecule has 0 saturated heterocycles. The molecule has 0 bridgehead atoms. The second kappa shape index (κ2) is 5.32. The molecule has 0 spiro atoms. The molecule has 1 atom stereocenters. The number of alkyl halides is 3. The molecule has 122 valence electrons. The van der Waals surface area contributed by atoms with Crippen LogP contribution in [0.5, 0.6) is 11.5 Å². The lowest BCUT2D eigenvalue weighted by atomic mass is 9.95. The van der Waals surface area contributed by atoms with Crippen LogP contribution in [0.4, 0.5) is 18.9 Å². The lowest BCUT2D eigenvalue weighted by Crippen LogP contribution is -2.40. The number of fused-ring (bicyclic) bond motifs is 1. The van der Waals surface area contributed by atoms with Crippen molar-refractivity contribution in [3.05, 3.63) is 52.5 Å². The smallest absolute Gasteiger partial charge is 0.421 e. The molecule has 2 aromatic carbocycles. The van der Waals surface area contributed by atoms with Crippen LogP contribution in [0.15, 0.2) is 36.4 Å². The topological polar surface area (TPSA) is 55.5 Å². The Balaban J connectivity index is 2.01. The summed E-state index contributed by atoms with van der Waals surface area (Å²) in [7, 11) is 0. The fraction of sp³-hybridized carbons (Fsp3) is 0.250. The van der Waals surface area contributed by atoms with Crippen LogP contribution in [0.2, 0.25) is 5.02 Å². The highest BCUT2D eigenvalue weighted by atomic mass is 35.5. The Labute approximate surface area is 135 Å². The summed E-state index contributed by atoms with van der Waals surface area (Å²) >= 11 is 6.02. The van der Waals surface area contributed by atoms with Crippen molar-refractivity contribution in [2.24, 2.45) is 0 Å². The van der Waals surface area contributed by atoms with Gasteiger partial charge in [0.15, 0.2) is 5.60 Å². The van der Waals surface area contributed by atoms with Gasteiger partial charge in [-0.25, -0.2) is 0 Å². The van der Waals surface area contributed by atoms with E-state index in [9.17, 15) is 18.3 Å². The molecule has 0 radical (unpaired) electrons. The zero-order valence-electron chi connectivity index (χ0n) is 11.8. The maximum atomic E-state index is 13.2. The first-order valence-corrected chi connectivity index (χ1v) is 7.24. The van der Waals surface area contributed by atoms with Gasteiger partial charge in [-0.2, -0.15) is 13.2 Å². The summed E-state index contributed by atoms with van der Waals surface area (Å²) < 4.78 is 45.1. The molecule has 23 heavy (non-hydrogen) atoms. The van der Waals surface area contributed by atoms with Crippen molar-refractivity contribution < 1.29 is 23.0 Å². The van der Waals surface area contributed by atoms with E-state index in [0.717, 1.165) is 0 Å². The van der Waals surface area contributed by atoms with Gasteiger partial charge in [-0.05, 0) is 42.7 Å². The van der Waals surface area contributed by atoms with Crippen molar-refractivity contribution in [3.8, 4) is 11.5 Å². The monoisotopic (exact) mass is 343 g/mol. The van der Waals surface area contributed by atoms with E-state index >= 15 is 0 Å². The summed E-state index contributed by atoms with van der Waals surface area (Å²) in [5, 5.41) is 10.3. The van der Waals surface area contributed by atoms with E-state index in [0.29, 0.717) is 11.3 Å². The number of hydrogen-bond donors (Lipinski definition) is 2. The first kappa shape index (κ1) is 16.0. The largest absolute Gasteiger partial charge is 0.456 e. The zero-order valence-corrected chi connectivity index (χ0v) is 12.6. The van der Waals surface area contributed by atoms with Crippen LogP contribution in [0, 0.1) is 0 Å². The van der Waals surface area contributed by atoms with Gasteiger partial charge in [-0.3, -0.25) is 0 Å². The highest BCUT2D eigenvalue weighted by molar-refractivity contribution is 6.32. The van der Waals surface area contributed by atoms with E-state index < -0.39 is 18.2 Å². The average Bonchev–Trinajstić information content (AvgIpc) is 2.82. The summed E-state index contributed by atoms with van der Waals surface area (Å²) in [5.74, 6) is 0.533. The molecule has 0 saturated carbocycles. The highest BCUT2D eigenvalue weighted by Crippen LogP contribution is 2.50. The average molecular weight is 344 g/mol. The predicted molar refractivity (Wildman–Crippen MR) is 80.7 cm³/mol. The highest BCUT2D eigenvalue weighted by Gasteiger charge is 2.58. The maximum Gasteiger partial charge on any atom is 0.421 e. The fourth-order valence-corrected chi connectivity index (χ4v) is 2.99. The van der Waals surface area contributed by atoms with Gasteiger partial charge in [-0.1, -0.05) is 23.7 Å². The van der Waals surface area contributed by atoms with Crippen LogP contribution in [-0.4, -0.2) is 11.3 Å². The van der Waals surface area contributed by atoms with Crippen LogP contribution in [0.3, 0.4) is 0 Å². The number of ether oxygens (including phenoxy) is 1. The molecule has 0 aromatic heterocycles. The number of benzene rings is 2. The Morgan fingerprint density at radius 3 is 2.57 bits per heavy atom. The van der Waals surface area contributed by atoms with Gasteiger partial charge in [0.05, 0.1) is 5.02 Å². The Kier molecular flexibility index (Phi) is 3.69. The van der Waals surface area contributed by atoms with Gasteiger partial charge in [0.2, 0.25) is 0 Å². The fourth-order valence-electron chi connectivity index (χ4n) is 2.76. The molecule has 1 aliphatic carbocycles. The molecule has 3 nitrogen and oxygen atoms in total. The van der Waals surface area contributed by atoms with E-state index in [2.05, 4.69) is 0 Å². The Morgan fingerprint density at radius 2 is 1.91 bits per heavy atom. The standard InChI is InChI=1S/C16H13ClF3NO2/c17-12-8-9(21)4-5-14(12)23-13-3-1-2-11-10(13)6-7-15(11,22)16(18,19)20/h1-5,8,22H,6-7,21H2. The molecule has 0 amide bonds. The summed E-state index contributed by atoms with van der Waals surface area (Å²) in [5.41, 5.74) is 3.37. The van der Waals surface area contributed by atoms with Crippen LogP contribution in [-0.2, 0) is 12.0 Å². The number of nitrogen functional groups attached to an aromatic ring is 1. The number of rotatable bonds is 2. The summed E-state index contributed by atoms with van der Waals surface area (Å²) in [6, 6.07) is 8.85. The molecule has 2 aromatic rings. The number of nitrogens with two attached hydrogens (primary N) is 1. The van der Waals surface area contributed by atoms with E-state index in [-0.39, 0.29) is 28.5 Å². The third kappa shape index (κ3) is 2.62. The molecule has 0 heterocycles. The quantitative estimate of drug-likeness (QED) is 0.794. The van der Waals surface area contributed by atoms with Crippen LogP contribution < -0.4 is 10.5 Å². The van der Waals surface area contributed by atoms with Gasteiger partial charge < -0.3 is 15.6 Å². The number of anilines is 1. The van der Waals surface area contributed by atoms with E-state index in [1.54, 1.807) is 18.2 Å². The molecule has 0 fully saturated rings. The molecular weight excluding hydrogens is 331 g/mol. The van der Waals surface area contributed by atoms with Crippen molar-refractivity contribution in [3.63, 3.8) is 0 Å². The van der Waals surface area contributed by atoms with E-state index in [1.807, 2.05) is 0 Å². The van der Waals surface area contributed by atoms with Gasteiger partial charge in [0, 0.05) is 11.3 Å². The number of aliphatic hydroxyl groups is 1. The number of hydrogen-bond acceptors (Lipinski definition) is 3. The van der Waals surface area contributed by atoms with Crippen LogP contribution in [0.25, 0.3) is 0 Å². The summed E-state index contributed by atoms with van der Waals surface area (Å²) in [4.78, 5) is 0. The second-order valence-corrected chi connectivity index (χ2v) is 5.84. The van der Waals surface area contributed by atoms with Crippen LogP contribution >= 0.6 is 11.6 Å². The molecule has 1 unspecified atom stereocenters. The van der Waals surface area contributed by atoms with Gasteiger partial charge >= 0.3 is 6.18 Å². The van der Waals surface area contributed by atoms with E-state index in [1.165, 1.54) is 18.2 Å². The normalized spacial score (nSPS) is 20.4. The molecule has 3 rings (SSSR count). The van der Waals surface area contributed by atoms with Crippen LogP contribution in [0.1, 0.15) is 17.5 Å². The minimum absolute atomic E-state index is 0.0636. The molecule has 1 aliphatic rings. The van der Waals surface area contributed by atoms with E-state index in [4.69, 9.17) is 22.1 Å². The first-order chi connectivity index (χ1) is 10.7. The third-order valence-corrected chi connectivity index (χ3v) is 4.26. The zero-order chi connectivity index (χ0) is 16.8. The summed E-state index contributed by atoms with van der Waals surface area (Å²) in [6.45, 7) is 0. The lowest BCUT2D eigenvalue weighted by molar-refractivity contribution is -0.265. The summed E-state index contributed by atoms with van der Waals surface area (Å²) in [6.07, 6.45) is -5.11. The van der Waals surface area contributed by atoms with Crippen molar-refractivity contribution >= 4 is 17.3 Å². The minimum atomic E-state index is -4.74. The maximum absolute atomic E-state index is 13.2. The minimum Gasteiger partial charge on any atom is -0.456 e. The first-order valence-electron chi connectivity index (χ1n) is 6.87. The number of halogens is 4. The second-order valence-electron chi connectivity index (χ2n) is 5.43. The van der Waals surface area contributed by atoms with Crippen molar-refractivity contribution in [1.29, 1.82) is 0 Å². The Bertz CT molecular complexity index is 763. The molecular formula is C16H13ClF3NO2. The van der Waals surface area contributed by atoms with Crippen molar-refractivity contribution in [1.82, 2.24) is 0 Å². The molecule has 3 N–H and O–H groups in total. The third-order valence-electron chi connectivity index (χ3n) is 3.96. The Hall–Kier alpha value is -1.92. The Morgan fingerprint density at radius 1 is 1.17 bits per heavy atom. The lowest BCUT2D eigenvalue weighted by Gasteiger charge is -2.27. The van der Waals surface area contributed by atoms with Gasteiger partial charge in [-0.15, -0.1) is 0 Å².